The van der Waals surface area contributed by atoms with Gasteiger partial charge in [0.1, 0.15) is 0 Å². The highest BCUT2D eigenvalue weighted by atomic mass is 35.5. The van der Waals surface area contributed by atoms with Gasteiger partial charge in [-0.1, -0.05) is 17.7 Å². The number of aromatic amines is 1. The summed E-state index contributed by atoms with van der Waals surface area (Å²) >= 11 is 7.37. The third-order valence-corrected chi connectivity index (χ3v) is 5.63. The molecule has 0 unspecified atom stereocenters. The van der Waals surface area contributed by atoms with E-state index in [0.717, 1.165) is 25.8 Å². The number of carbonyl (C=O) groups is 2. The van der Waals surface area contributed by atoms with Gasteiger partial charge in [-0.25, -0.2) is 0 Å². The quantitative estimate of drug-likeness (QED) is 0.669. The molecule has 2 amide bonds. The fourth-order valence-corrected chi connectivity index (χ4v) is 4.07. The Balaban J connectivity index is 1.37. The molecule has 8 heteroatoms. The van der Waals surface area contributed by atoms with Crippen molar-refractivity contribution in [1.29, 1.82) is 0 Å². The van der Waals surface area contributed by atoms with Crippen LogP contribution in [-0.2, 0) is 16.1 Å². The maximum atomic E-state index is 12.5. The summed E-state index contributed by atoms with van der Waals surface area (Å²) in [6, 6.07) is 7.60. The van der Waals surface area contributed by atoms with E-state index in [0.29, 0.717) is 26.2 Å². The normalized spacial score (nSPS) is 15.4. The number of amides is 2. The summed E-state index contributed by atoms with van der Waals surface area (Å²) in [7, 11) is 0. The molecule has 1 saturated heterocycles. The molecule has 4 heterocycles. The van der Waals surface area contributed by atoms with Gasteiger partial charge in [-0.15, -0.1) is 11.3 Å². The number of nitrogens with zero attached hydrogens (tertiary/aromatic N) is 3. The Morgan fingerprint density at radius 1 is 1.19 bits per heavy atom. The van der Waals surface area contributed by atoms with Crippen LogP contribution in [0.3, 0.4) is 0 Å². The van der Waals surface area contributed by atoms with Crippen molar-refractivity contribution in [2.45, 2.75) is 6.54 Å². The molecule has 4 rings (SSSR count). The average Bonchev–Trinajstić information content (AvgIpc) is 3.26. The van der Waals surface area contributed by atoms with Gasteiger partial charge in [0, 0.05) is 53.5 Å². The zero-order chi connectivity index (χ0) is 18.8. The lowest BCUT2D eigenvalue weighted by Gasteiger charge is -2.33. The van der Waals surface area contributed by atoms with Gasteiger partial charge in [0.2, 0.25) is 0 Å². The molecule has 1 aliphatic rings. The number of thiophene rings is 1. The van der Waals surface area contributed by atoms with Gasteiger partial charge in [0.25, 0.3) is 0 Å². The van der Waals surface area contributed by atoms with E-state index in [4.69, 9.17) is 11.6 Å². The molecule has 1 fully saturated rings. The second kappa shape index (κ2) is 7.54. The Hall–Kier alpha value is -2.64. The smallest absolute Gasteiger partial charge is 0.312 e. The van der Waals surface area contributed by atoms with Crippen LogP contribution in [0.15, 0.2) is 42.7 Å². The van der Waals surface area contributed by atoms with E-state index in [1.54, 1.807) is 22.2 Å². The molecule has 0 spiro atoms. The molecule has 1 aliphatic heterocycles. The lowest BCUT2D eigenvalue weighted by Crippen LogP contribution is -2.53. The highest BCUT2D eigenvalue weighted by Gasteiger charge is 2.32. The SMILES string of the molecule is O=C1C(=O)N(Cc2cc3cnccc3[nH]2)CCN1CC=Cc1ccc(Cl)s1. The summed E-state index contributed by atoms with van der Waals surface area (Å²) < 4.78 is 0.724. The van der Waals surface area contributed by atoms with E-state index in [2.05, 4.69) is 9.97 Å². The van der Waals surface area contributed by atoms with Crippen LogP contribution in [0.2, 0.25) is 4.34 Å². The van der Waals surface area contributed by atoms with Crippen LogP contribution in [0, 0.1) is 0 Å². The Morgan fingerprint density at radius 2 is 2.00 bits per heavy atom. The molecular weight excluding hydrogens is 384 g/mol. The van der Waals surface area contributed by atoms with Crippen molar-refractivity contribution in [2.24, 2.45) is 0 Å². The number of H-pyrrole nitrogens is 1. The van der Waals surface area contributed by atoms with Crippen LogP contribution >= 0.6 is 22.9 Å². The number of pyridine rings is 1. The molecule has 3 aromatic heterocycles. The lowest BCUT2D eigenvalue weighted by molar-refractivity contribution is -0.156. The predicted octanol–water partition coefficient (Wildman–Crippen LogP) is 3.16. The molecule has 0 aliphatic carbocycles. The molecule has 0 radical (unpaired) electrons. The number of piperazine rings is 1. The summed E-state index contributed by atoms with van der Waals surface area (Å²) in [4.78, 5) is 36.4. The van der Waals surface area contributed by atoms with Crippen molar-refractivity contribution in [3.8, 4) is 0 Å². The second-order valence-corrected chi connectivity index (χ2v) is 8.03. The van der Waals surface area contributed by atoms with E-state index < -0.39 is 11.8 Å². The van der Waals surface area contributed by atoms with Crippen molar-refractivity contribution in [3.63, 3.8) is 0 Å². The van der Waals surface area contributed by atoms with Crippen molar-refractivity contribution >= 4 is 51.7 Å². The van der Waals surface area contributed by atoms with Crippen LogP contribution in [0.4, 0.5) is 0 Å². The van der Waals surface area contributed by atoms with Crippen molar-refractivity contribution < 1.29 is 9.59 Å². The van der Waals surface area contributed by atoms with Gasteiger partial charge >= 0.3 is 11.8 Å². The number of fused-ring (bicyclic) bond motifs is 1. The Labute approximate surface area is 165 Å². The summed E-state index contributed by atoms with van der Waals surface area (Å²) in [5.74, 6) is -0.932. The molecule has 0 atom stereocenters. The predicted molar refractivity (Wildman–Crippen MR) is 106 cm³/mol. The van der Waals surface area contributed by atoms with Crippen molar-refractivity contribution in [1.82, 2.24) is 19.8 Å². The van der Waals surface area contributed by atoms with Gasteiger partial charge in [-0.05, 0) is 30.3 Å². The standard InChI is InChI=1S/C19H17ClN4O2S/c20-17-4-3-15(27-17)2-1-7-23-8-9-24(19(26)18(23)25)12-14-10-13-11-21-6-5-16(13)22-14/h1-6,10-11,22H,7-9,12H2. The van der Waals surface area contributed by atoms with E-state index in [1.807, 2.05) is 36.4 Å². The molecule has 138 valence electrons. The first-order valence-corrected chi connectivity index (χ1v) is 9.71. The fraction of sp³-hybridized carbons (Fsp3) is 0.211. The first-order chi connectivity index (χ1) is 13.1. The van der Waals surface area contributed by atoms with Crippen LogP contribution in [0.5, 0.6) is 0 Å². The third-order valence-electron chi connectivity index (χ3n) is 4.44. The highest BCUT2D eigenvalue weighted by Crippen LogP contribution is 2.22. The maximum absolute atomic E-state index is 12.5. The first-order valence-electron chi connectivity index (χ1n) is 8.52. The average molecular weight is 401 g/mol. The molecule has 3 aromatic rings. The largest absolute Gasteiger partial charge is 0.357 e. The Kier molecular flexibility index (Phi) is 4.96. The second-order valence-electron chi connectivity index (χ2n) is 6.28. The minimum Gasteiger partial charge on any atom is -0.357 e. The highest BCUT2D eigenvalue weighted by molar-refractivity contribution is 7.16. The van der Waals surface area contributed by atoms with Gasteiger partial charge < -0.3 is 14.8 Å². The number of halogens is 1. The molecular formula is C19H17ClN4O2S. The number of hydrogen-bond donors (Lipinski definition) is 1. The Bertz CT molecular complexity index is 993. The van der Waals surface area contributed by atoms with Crippen molar-refractivity contribution in [3.05, 3.63) is 57.6 Å². The molecule has 6 nitrogen and oxygen atoms in total. The van der Waals surface area contributed by atoms with Crippen LogP contribution in [-0.4, -0.2) is 51.2 Å². The van der Waals surface area contributed by atoms with Crippen LogP contribution in [0.1, 0.15) is 10.6 Å². The topological polar surface area (TPSA) is 69.3 Å². The van der Waals surface area contributed by atoms with Gasteiger partial charge in [0.15, 0.2) is 0 Å². The molecule has 27 heavy (non-hydrogen) atoms. The van der Waals surface area contributed by atoms with E-state index >= 15 is 0 Å². The summed E-state index contributed by atoms with van der Waals surface area (Å²) in [5, 5.41) is 0.990. The van der Waals surface area contributed by atoms with E-state index in [-0.39, 0.29) is 0 Å². The number of aromatic nitrogens is 2. The third kappa shape index (κ3) is 3.89. The van der Waals surface area contributed by atoms with Gasteiger partial charge in [-0.2, -0.15) is 0 Å². The van der Waals surface area contributed by atoms with E-state index in [1.165, 1.54) is 11.3 Å². The minimum atomic E-state index is -0.467. The fourth-order valence-electron chi connectivity index (χ4n) is 3.08. The molecule has 0 saturated carbocycles. The molecule has 1 N–H and O–H groups in total. The summed E-state index contributed by atoms with van der Waals surface area (Å²) in [6.45, 7) is 1.82. The van der Waals surface area contributed by atoms with Crippen LogP contribution < -0.4 is 0 Å². The van der Waals surface area contributed by atoms with E-state index in [9.17, 15) is 9.59 Å². The minimum absolute atomic E-state index is 0.386. The molecule has 0 bridgehead atoms. The van der Waals surface area contributed by atoms with Gasteiger partial charge in [-0.3, -0.25) is 14.6 Å². The number of nitrogens with one attached hydrogen (secondary N) is 1. The van der Waals surface area contributed by atoms with Crippen molar-refractivity contribution in [2.75, 3.05) is 19.6 Å². The Morgan fingerprint density at radius 3 is 2.78 bits per heavy atom. The summed E-state index contributed by atoms with van der Waals surface area (Å²) in [5.41, 5.74) is 1.86. The van der Waals surface area contributed by atoms with Crippen LogP contribution in [0.25, 0.3) is 17.0 Å². The first kappa shape index (κ1) is 17.8. The monoisotopic (exact) mass is 400 g/mol. The lowest BCUT2D eigenvalue weighted by atomic mass is 10.2. The zero-order valence-corrected chi connectivity index (χ0v) is 16.0. The number of carbonyl (C=O) groups excluding carboxylic acids is 2. The summed E-state index contributed by atoms with van der Waals surface area (Å²) in [6.07, 6.45) is 7.29. The maximum Gasteiger partial charge on any atom is 0.312 e. The number of hydrogen-bond acceptors (Lipinski definition) is 4. The number of rotatable bonds is 5. The zero-order valence-electron chi connectivity index (χ0n) is 14.4. The molecule has 0 aromatic carbocycles. The van der Waals surface area contributed by atoms with Gasteiger partial charge in [0.05, 0.1) is 10.9 Å².